The molecule has 0 aliphatic heterocycles. The van der Waals surface area contributed by atoms with Gasteiger partial charge in [0, 0.05) is 0 Å². The summed E-state index contributed by atoms with van der Waals surface area (Å²) in [5.41, 5.74) is 4.12. The highest BCUT2D eigenvalue weighted by atomic mass is 16.5. The molecule has 2 heteroatoms. The predicted octanol–water partition coefficient (Wildman–Crippen LogP) is 3.39. The Kier molecular flexibility index (Phi) is 3.68. The molecule has 0 saturated carbocycles. The van der Waals surface area contributed by atoms with Gasteiger partial charge in [-0.3, -0.25) is 0 Å². The molecule has 0 fully saturated rings. The minimum Gasteiger partial charge on any atom is -0.497 e. The van der Waals surface area contributed by atoms with E-state index in [-0.39, 0.29) is 0 Å². The van der Waals surface area contributed by atoms with Crippen LogP contribution in [0.4, 0.5) is 0 Å². The molecule has 2 nitrogen and oxygen atoms in total. The van der Waals surface area contributed by atoms with Crippen LogP contribution < -0.4 is 4.74 Å². The van der Waals surface area contributed by atoms with E-state index in [0.29, 0.717) is 0 Å². The summed E-state index contributed by atoms with van der Waals surface area (Å²) in [6, 6.07) is 13.5. The molecule has 0 aromatic heterocycles. The van der Waals surface area contributed by atoms with E-state index in [4.69, 9.17) is 4.74 Å². The van der Waals surface area contributed by atoms with Crippen LogP contribution in [0.3, 0.4) is 0 Å². The topological polar surface area (TPSA) is 29.5 Å². The fourth-order valence-corrected chi connectivity index (χ4v) is 2.06. The molecule has 0 aliphatic rings. The van der Waals surface area contributed by atoms with Crippen molar-refractivity contribution in [1.82, 2.24) is 0 Å². The molecule has 2 rings (SSSR count). The lowest BCUT2D eigenvalue weighted by molar-refractivity contribution is 0.219. The molecule has 0 heterocycles. The number of aryl methyl sites for hydroxylation is 1. The van der Waals surface area contributed by atoms with Crippen LogP contribution in [0.15, 0.2) is 42.5 Å². The molecule has 1 atom stereocenters. The van der Waals surface area contributed by atoms with Crippen molar-refractivity contribution in [3.05, 3.63) is 64.7 Å². The van der Waals surface area contributed by atoms with Crippen molar-refractivity contribution in [2.24, 2.45) is 0 Å². The average Bonchev–Trinajstić information content (AvgIpc) is 2.41. The molecule has 18 heavy (non-hydrogen) atoms. The van der Waals surface area contributed by atoms with Crippen molar-refractivity contribution < 1.29 is 9.84 Å². The van der Waals surface area contributed by atoms with Gasteiger partial charge in [-0.2, -0.15) is 0 Å². The first-order valence-corrected chi connectivity index (χ1v) is 6.01. The lowest BCUT2D eigenvalue weighted by Gasteiger charge is -2.16. The van der Waals surface area contributed by atoms with Gasteiger partial charge in [0.1, 0.15) is 11.9 Å². The monoisotopic (exact) mass is 242 g/mol. The maximum absolute atomic E-state index is 10.5. The predicted molar refractivity (Wildman–Crippen MR) is 73.0 cm³/mol. The van der Waals surface area contributed by atoms with Gasteiger partial charge in [-0.1, -0.05) is 30.3 Å². The van der Waals surface area contributed by atoms with Gasteiger partial charge < -0.3 is 9.84 Å². The summed E-state index contributed by atoms with van der Waals surface area (Å²) in [5, 5.41) is 10.5. The third-order valence-electron chi connectivity index (χ3n) is 3.35. The van der Waals surface area contributed by atoms with Gasteiger partial charge in [-0.25, -0.2) is 0 Å². The molecular weight excluding hydrogens is 224 g/mol. The van der Waals surface area contributed by atoms with Crippen LogP contribution in [-0.2, 0) is 0 Å². The Morgan fingerprint density at radius 3 is 2.50 bits per heavy atom. The average molecular weight is 242 g/mol. The van der Waals surface area contributed by atoms with E-state index in [9.17, 15) is 5.11 Å². The van der Waals surface area contributed by atoms with Crippen LogP contribution in [0, 0.1) is 13.8 Å². The second kappa shape index (κ2) is 5.23. The summed E-state index contributed by atoms with van der Waals surface area (Å²) >= 11 is 0. The van der Waals surface area contributed by atoms with E-state index in [1.54, 1.807) is 7.11 Å². The number of aliphatic hydroxyl groups excluding tert-OH is 1. The Bertz CT molecular complexity index is 547. The molecule has 0 radical (unpaired) electrons. The minimum atomic E-state index is -0.611. The van der Waals surface area contributed by atoms with Crippen LogP contribution in [0.5, 0.6) is 5.75 Å². The molecule has 0 bridgehead atoms. The zero-order chi connectivity index (χ0) is 13.1. The fraction of sp³-hybridized carbons (Fsp3) is 0.250. The van der Waals surface area contributed by atoms with Crippen molar-refractivity contribution in [3.63, 3.8) is 0 Å². The minimum absolute atomic E-state index is 0.611. The van der Waals surface area contributed by atoms with Crippen molar-refractivity contribution in [2.45, 2.75) is 20.0 Å². The maximum atomic E-state index is 10.5. The molecular formula is C16H18O2. The van der Waals surface area contributed by atoms with Gasteiger partial charge in [-0.15, -0.1) is 0 Å². The van der Waals surface area contributed by atoms with Crippen molar-refractivity contribution >= 4 is 0 Å². The summed E-state index contributed by atoms with van der Waals surface area (Å²) in [6.45, 7) is 4.09. The van der Waals surface area contributed by atoms with Gasteiger partial charge in [0.15, 0.2) is 0 Å². The second-order valence-electron chi connectivity index (χ2n) is 4.47. The lowest BCUT2D eigenvalue weighted by atomic mass is 9.95. The molecule has 0 spiro atoms. The molecule has 0 saturated heterocycles. The van der Waals surface area contributed by atoms with Crippen LogP contribution >= 0.6 is 0 Å². The first-order chi connectivity index (χ1) is 8.63. The lowest BCUT2D eigenvalue weighted by Crippen LogP contribution is -2.03. The number of hydrogen-bond acceptors (Lipinski definition) is 2. The standard InChI is InChI=1S/C16H18O2/c1-11-6-4-9-15(12(11)2)16(17)13-7-5-8-14(10-13)18-3/h4-10,16-17H,1-3H3. The third kappa shape index (κ3) is 2.39. The largest absolute Gasteiger partial charge is 0.497 e. The molecule has 2 aromatic carbocycles. The molecule has 0 amide bonds. The van der Waals surface area contributed by atoms with E-state index >= 15 is 0 Å². The first kappa shape index (κ1) is 12.7. The number of benzene rings is 2. The van der Waals surface area contributed by atoms with Crippen LogP contribution in [0.25, 0.3) is 0 Å². The number of methoxy groups -OCH3 is 1. The molecule has 94 valence electrons. The zero-order valence-corrected chi connectivity index (χ0v) is 11.0. The van der Waals surface area contributed by atoms with Gasteiger partial charge in [0.2, 0.25) is 0 Å². The molecule has 0 aliphatic carbocycles. The third-order valence-corrected chi connectivity index (χ3v) is 3.35. The van der Waals surface area contributed by atoms with Crippen LogP contribution in [0.2, 0.25) is 0 Å². The van der Waals surface area contributed by atoms with E-state index < -0.39 is 6.10 Å². The van der Waals surface area contributed by atoms with Crippen LogP contribution in [-0.4, -0.2) is 12.2 Å². The van der Waals surface area contributed by atoms with E-state index in [1.165, 1.54) is 5.56 Å². The summed E-state index contributed by atoms with van der Waals surface area (Å²) in [5.74, 6) is 0.761. The summed E-state index contributed by atoms with van der Waals surface area (Å²) < 4.78 is 5.18. The Hall–Kier alpha value is -1.80. The zero-order valence-electron chi connectivity index (χ0n) is 11.0. The van der Waals surface area contributed by atoms with E-state index in [1.807, 2.05) is 43.3 Å². The highest BCUT2D eigenvalue weighted by Gasteiger charge is 2.14. The van der Waals surface area contributed by atoms with E-state index in [2.05, 4.69) is 13.0 Å². The van der Waals surface area contributed by atoms with Gasteiger partial charge >= 0.3 is 0 Å². The van der Waals surface area contributed by atoms with Crippen LogP contribution in [0.1, 0.15) is 28.4 Å². The first-order valence-electron chi connectivity index (χ1n) is 6.01. The smallest absolute Gasteiger partial charge is 0.119 e. The summed E-state index contributed by atoms with van der Waals surface area (Å²) in [7, 11) is 1.63. The van der Waals surface area contributed by atoms with Crippen molar-refractivity contribution in [1.29, 1.82) is 0 Å². The SMILES string of the molecule is COc1cccc(C(O)c2cccc(C)c2C)c1. The maximum Gasteiger partial charge on any atom is 0.119 e. The highest BCUT2D eigenvalue weighted by molar-refractivity contribution is 5.41. The molecule has 2 aromatic rings. The number of aliphatic hydroxyl groups is 1. The number of ether oxygens (including phenoxy) is 1. The van der Waals surface area contributed by atoms with Crippen molar-refractivity contribution in [2.75, 3.05) is 7.11 Å². The molecule has 1 unspecified atom stereocenters. The quantitative estimate of drug-likeness (QED) is 0.894. The normalized spacial score (nSPS) is 12.2. The number of rotatable bonds is 3. The van der Waals surface area contributed by atoms with Gasteiger partial charge in [0.25, 0.3) is 0 Å². The Morgan fingerprint density at radius 1 is 1.06 bits per heavy atom. The fourth-order valence-electron chi connectivity index (χ4n) is 2.06. The number of hydrogen-bond donors (Lipinski definition) is 1. The van der Waals surface area contributed by atoms with Gasteiger partial charge in [0.05, 0.1) is 7.11 Å². The Balaban J connectivity index is 2.41. The Labute approximate surface area is 108 Å². The van der Waals surface area contributed by atoms with Crippen molar-refractivity contribution in [3.8, 4) is 5.75 Å². The van der Waals surface area contributed by atoms with E-state index in [0.717, 1.165) is 22.4 Å². The molecule has 1 N–H and O–H groups in total. The summed E-state index contributed by atoms with van der Waals surface area (Å²) in [4.78, 5) is 0. The highest BCUT2D eigenvalue weighted by Crippen LogP contribution is 2.28. The second-order valence-corrected chi connectivity index (χ2v) is 4.47. The van der Waals surface area contributed by atoms with Gasteiger partial charge in [-0.05, 0) is 48.2 Å². The summed E-state index contributed by atoms with van der Waals surface area (Å²) in [6.07, 6.45) is -0.611. The Morgan fingerprint density at radius 2 is 1.78 bits per heavy atom.